The molecule has 2 aromatic rings. The molecular weight excluding hydrogens is 308 g/mol. The zero-order chi connectivity index (χ0) is 13.7. The molecule has 5 heteroatoms. The number of phenols is 1. The van der Waals surface area contributed by atoms with Gasteiger partial charge in [0.1, 0.15) is 5.75 Å². The van der Waals surface area contributed by atoms with E-state index in [9.17, 15) is 5.11 Å². The lowest BCUT2D eigenvalue weighted by molar-refractivity contribution is 0.397. The van der Waals surface area contributed by atoms with Crippen LogP contribution in [0.5, 0.6) is 11.6 Å². The van der Waals surface area contributed by atoms with E-state index < -0.39 is 0 Å². The molecule has 100 valence electrons. The van der Waals surface area contributed by atoms with Gasteiger partial charge in [0.25, 0.3) is 0 Å². The number of aromatic hydroxyl groups is 1. The maximum atomic E-state index is 9.86. The molecule has 0 spiro atoms. The first-order valence-corrected chi connectivity index (χ1v) is 6.66. The van der Waals surface area contributed by atoms with Gasteiger partial charge in [0, 0.05) is 30.9 Å². The number of nitrogens with one attached hydrogen (secondary N) is 1. The van der Waals surface area contributed by atoms with Crippen molar-refractivity contribution in [3.63, 3.8) is 0 Å². The molecule has 0 atom stereocenters. The van der Waals surface area contributed by atoms with Crippen molar-refractivity contribution in [2.45, 2.75) is 13.1 Å². The van der Waals surface area contributed by atoms with Crippen LogP contribution < -0.4 is 10.1 Å². The fourth-order valence-corrected chi connectivity index (χ4v) is 2.12. The summed E-state index contributed by atoms with van der Waals surface area (Å²) in [4.78, 5) is 4.05. The van der Waals surface area contributed by atoms with E-state index in [2.05, 4.69) is 26.2 Å². The number of rotatable bonds is 5. The molecule has 2 rings (SSSR count). The molecule has 0 amide bonds. The largest absolute Gasteiger partial charge is 0.506 e. The number of phenolic OH excluding ortho intramolecular Hbond substituents is 1. The zero-order valence-corrected chi connectivity index (χ0v) is 12.1. The van der Waals surface area contributed by atoms with Gasteiger partial charge in [0.15, 0.2) is 0 Å². The Hall–Kier alpha value is -1.59. The van der Waals surface area contributed by atoms with Crippen LogP contribution in [0.25, 0.3) is 0 Å². The molecule has 0 unspecified atom stereocenters. The number of hydrogen-bond donors (Lipinski definition) is 2. The summed E-state index contributed by atoms with van der Waals surface area (Å²) in [5.74, 6) is 0.881. The van der Waals surface area contributed by atoms with Gasteiger partial charge in [-0.15, -0.1) is 0 Å². The van der Waals surface area contributed by atoms with Crippen molar-refractivity contribution >= 4 is 15.9 Å². The van der Waals surface area contributed by atoms with Crippen LogP contribution in [-0.4, -0.2) is 17.2 Å². The number of methoxy groups -OCH3 is 1. The SMILES string of the molecule is COc1cc(CNCc2cccc(Br)c2O)ccn1. The third-order valence-electron chi connectivity index (χ3n) is 2.72. The van der Waals surface area contributed by atoms with Gasteiger partial charge in [-0.2, -0.15) is 0 Å². The van der Waals surface area contributed by atoms with Crippen molar-refractivity contribution in [1.29, 1.82) is 0 Å². The molecule has 4 nitrogen and oxygen atoms in total. The van der Waals surface area contributed by atoms with E-state index in [0.717, 1.165) is 11.1 Å². The summed E-state index contributed by atoms with van der Waals surface area (Å²) >= 11 is 3.30. The smallest absolute Gasteiger partial charge is 0.213 e. The minimum absolute atomic E-state index is 0.280. The standard InChI is InChI=1S/C14H15BrN2O2/c1-19-13-7-10(5-6-17-13)8-16-9-11-3-2-4-12(15)14(11)18/h2-7,16,18H,8-9H2,1H3. The van der Waals surface area contributed by atoms with Gasteiger partial charge >= 0.3 is 0 Å². The van der Waals surface area contributed by atoms with Gasteiger partial charge in [-0.05, 0) is 33.6 Å². The number of nitrogens with zero attached hydrogens (tertiary/aromatic N) is 1. The number of halogens is 1. The van der Waals surface area contributed by atoms with Crippen LogP contribution in [0.15, 0.2) is 41.0 Å². The lowest BCUT2D eigenvalue weighted by Crippen LogP contribution is -2.13. The van der Waals surface area contributed by atoms with Gasteiger partial charge in [0.2, 0.25) is 5.88 Å². The monoisotopic (exact) mass is 322 g/mol. The third kappa shape index (κ3) is 3.68. The van der Waals surface area contributed by atoms with Crippen LogP contribution in [0.3, 0.4) is 0 Å². The predicted octanol–water partition coefficient (Wildman–Crippen LogP) is 2.85. The molecule has 0 fully saturated rings. The number of hydrogen-bond acceptors (Lipinski definition) is 4. The maximum absolute atomic E-state index is 9.86. The molecule has 0 aliphatic rings. The maximum Gasteiger partial charge on any atom is 0.213 e. The van der Waals surface area contributed by atoms with E-state index in [-0.39, 0.29) is 5.75 Å². The minimum atomic E-state index is 0.280. The van der Waals surface area contributed by atoms with Crippen LogP contribution in [0.4, 0.5) is 0 Å². The van der Waals surface area contributed by atoms with E-state index in [1.54, 1.807) is 13.3 Å². The molecule has 0 radical (unpaired) electrons. The second-order valence-electron chi connectivity index (χ2n) is 4.06. The van der Waals surface area contributed by atoms with E-state index in [1.165, 1.54) is 0 Å². The quantitative estimate of drug-likeness (QED) is 0.888. The van der Waals surface area contributed by atoms with Crippen molar-refractivity contribution in [2.24, 2.45) is 0 Å². The number of para-hydroxylation sites is 1. The highest BCUT2D eigenvalue weighted by Crippen LogP contribution is 2.27. The number of ether oxygens (including phenoxy) is 1. The van der Waals surface area contributed by atoms with Gasteiger partial charge in [0.05, 0.1) is 11.6 Å². The molecule has 0 aliphatic heterocycles. The van der Waals surface area contributed by atoms with Crippen LogP contribution in [-0.2, 0) is 13.1 Å². The fourth-order valence-electron chi connectivity index (χ4n) is 1.72. The highest BCUT2D eigenvalue weighted by Gasteiger charge is 2.04. The lowest BCUT2D eigenvalue weighted by atomic mass is 10.2. The average Bonchev–Trinajstić information content (AvgIpc) is 2.44. The topological polar surface area (TPSA) is 54.4 Å². The molecule has 19 heavy (non-hydrogen) atoms. The highest BCUT2D eigenvalue weighted by molar-refractivity contribution is 9.10. The third-order valence-corrected chi connectivity index (χ3v) is 3.36. The van der Waals surface area contributed by atoms with Gasteiger partial charge in [-0.1, -0.05) is 12.1 Å². The second-order valence-corrected chi connectivity index (χ2v) is 4.91. The van der Waals surface area contributed by atoms with Gasteiger partial charge in [-0.3, -0.25) is 0 Å². The Labute approximate surface area is 120 Å². The summed E-state index contributed by atoms with van der Waals surface area (Å²) in [5.41, 5.74) is 1.94. The van der Waals surface area contributed by atoms with Gasteiger partial charge in [-0.25, -0.2) is 4.98 Å². The average molecular weight is 323 g/mol. The Morgan fingerprint density at radius 1 is 1.32 bits per heavy atom. The van der Waals surface area contributed by atoms with E-state index in [4.69, 9.17) is 4.74 Å². The molecule has 1 aromatic carbocycles. The summed E-state index contributed by atoms with van der Waals surface area (Å²) in [5, 5.41) is 13.1. The molecule has 1 heterocycles. The molecule has 0 saturated carbocycles. The van der Waals surface area contributed by atoms with E-state index in [0.29, 0.717) is 23.4 Å². The van der Waals surface area contributed by atoms with Crippen molar-refractivity contribution in [3.05, 3.63) is 52.1 Å². The second kappa shape index (κ2) is 6.54. The zero-order valence-electron chi connectivity index (χ0n) is 10.6. The number of aromatic nitrogens is 1. The molecular formula is C14H15BrN2O2. The van der Waals surface area contributed by atoms with Crippen LogP contribution in [0.1, 0.15) is 11.1 Å². The summed E-state index contributed by atoms with van der Waals surface area (Å²) < 4.78 is 5.78. The van der Waals surface area contributed by atoms with Crippen molar-refractivity contribution in [3.8, 4) is 11.6 Å². The predicted molar refractivity (Wildman–Crippen MR) is 77.1 cm³/mol. The normalized spacial score (nSPS) is 10.4. The Kier molecular flexibility index (Phi) is 4.76. The summed E-state index contributed by atoms with van der Waals surface area (Å²) in [6.07, 6.45) is 1.71. The van der Waals surface area contributed by atoms with Crippen LogP contribution in [0, 0.1) is 0 Å². The lowest BCUT2D eigenvalue weighted by Gasteiger charge is -2.08. The Balaban J connectivity index is 1.94. The minimum Gasteiger partial charge on any atom is -0.506 e. The highest BCUT2D eigenvalue weighted by atomic mass is 79.9. The molecule has 1 aromatic heterocycles. The molecule has 0 bridgehead atoms. The van der Waals surface area contributed by atoms with Crippen molar-refractivity contribution in [2.75, 3.05) is 7.11 Å². The van der Waals surface area contributed by atoms with E-state index >= 15 is 0 Å². The van der Waals surface area contributed by atoms with Crippen molar-refractivity contribution in [1.82, 2.24) is 10.3 Å². The Morgan fingerprint density at radius 3 is 2.95 bits per heavy atom. The first-order chi connectivity index (χ1) is 9.20. The van der Waals surface area contributed by atoms with Gasteiger partial charge < -0.3 is 15.2 Å². The summed E-state index contributed by atoms with van der Waals surface area (Å²) in [6.45, 7) is 1.28. The van der Waals surface area contributed by atoms with E-state index in [1.807, 2.05) is 30.3 Å². The Morgan fingerprint density at radius 2 is 2.16 bits per heavy atom. The first kappa shape index (κ1) is 13.8. The first-order valence-electron chi connectivity index (χ1n) is 5.86. The summed E-state index contributed by atoms with van der Waals surface area (Å²) in [6, 6.07) is 9.41. The molecule has 0 saturated heterocycles. The van der Waals surface area contributed by atoms with Crippen molar-refractivity contribution < 1.29 is 9.84 Å². The number of benzene rings is 1. The van der Waals surface area contributed by atoms with Crippen LogP contribution in [0.2, 0.25) is 0 Å². The number of pyridine rings is 1. The molecule has 0 aliphatic carbocycles. The summed E-state index contributed by atoms with van der Waals surface area (Å²) in [7, 11) is 1.60. The van der Waals surface area contributed by atoms with Crippen LogP contribution >= 0.6 is 15.9 Å². The molecule has 2 N–H and O–H groups in total. The Bertz CT molecular complexity index is 561. The fraction of sp³-hybridized carbons (Fsp3) is 0.214.